The third-order valence-electron chi connectivity index (χ3n) is 2.31. The van der Waals surface area contributed by atoms with Crippen molar-refractivity contribution < 1.29 is 4.79 Å². The second-order valence-corrected chi connectivity index (χ2v) is 5.33. The third kappa shape index (κ3) is 4.10. The third-order valence-corrected chi connectivity index (χ3v) is 3.47. The van der Waals surface area contributed by atoms with Crippen LogP contribution in [0.5, 0.6) is 0 Å². The van der Waals surface area contributed by atoms with E-state index in [9.17, 15) is 4.79 Å². The van der Waals surface area contributed by atoms with E-state index in [1.165, 1.54) is 11.3 Å². The molecule has 0 bridgehead atoms. The molecule has 0 aliphatic heterocycles. The Hall–Kier alpha value is -0.610. The molecule has 1 rings (SSSR count). The summed E-state index contributed by atoms with van der Waals surface area (Å²) in [5.74, 6) is 0.766. The lowest BCUT2D eigenvalue weighted by Gasteiger charge is -2.15. The maximum Gasteiger partial charge on any atom is 0.265 e. The number of nitrogens with zero attached hydrogens (tertiary/aromatic N) is 2. The molecule has 90 valence electrons. The molecule has 0 aliphatic carbocycles. The van der Waals surface area contributed by atoms with Crippen molar-refractivity contribution in [2.45, 2.75) is 26.2 Å². The van der Waals surface area contributed by atoms with E-state index in [2.05, 4.69) is 4.98 Å². The van der Waals surface area contributed by atoms with Gasteiger partial charge in [0.25, 0.3) is 5.91 Å². The monoisotopic (exact) mass is 260 g/mol. The number of amides is 1. The van der Waals surface area contributed by atoms with Gasteiger partial charge in [-0.2, -0.15) is 0 Å². The SMILES string of the molecule is Cc1ncc(C(=O)N(C)CCCCCCl)s1. The number of carbonyl (C=O) groups is 1. The maximum absolute atomic E-state index is 11.9. The minimum Gasteiger partial charge on any atom is -0.341 e. The standard InChI is InChI=1S/C11H17ClN2OS/c1-9-13-8-10(16-9)11(15)14(2)7-5-3-4-6-12/h8H,3-7H2,1-2H3. The predicted molar refractivity (Wildman–Crippen MR) is 68.4 cm³/mol. The van der Waals surface area contributed by atoms with Crippen molar-refractivity contribution in [3.8, 4) is 0 Å². The van der Waals surface area contributed by atoms with Crippen LogP contribution in [0, 0.1) is 6.92 Å². The average Bonchev–Trinajstić information content (AvgIpc) is 2.70. The van der Waals surface area contributed by atoms with Crippen LogP contribution < -0.4 is 0 Å². The normalized spacial score (nSPS) is 10.4. The van der Waals surface area contributed by atoms with Crippen molar-refractivity contribution in [2.75, 3.05) is 19.5 Å². The van der Waals surface area contributed by atoms with E-state index in [1.54, 1.807) is 11.1 Å². The van der Waals surface area contributed by atoms with E-state index < -0.39 is 0 Å². The highest BCUT2D eigenvalue weighted by molar-refractivity contribution is 7.13. The number of alkyl halides is 1. The summed E-state index contributed by atoms with van der Waals surface area (Å²) in [6.45, 7) is 2.69. The van der Waals surface area contributed by atoms with Crippen LogP contribution in [-0.2, 0) is 0 Å². The van der Waals surface area contributed by atoms with E-state index >= 15 is 0 Å². The summed E-state index contributed by atoms with van der Waals surface area (Å²) in [6, 6.07) is 0. The number of aryl methyl sites for hydroxylation is 1. The molecule has 0 saturated heterocycles. The Morgan fingerprint density at radius 3 is 2.81 bits per heavy atom. The Bertz CT molecular complexity index is 340. The zero-order chi connectivity index (χ0) is 12.0. The van der Waals surface area contributed by atoms with E-state index in [4.69, 9.17) is 11.6 Å². The lowest BCUT2D eigenvalue weighted by Crippen LogP contribution is -2.27. The van der Waals surface area contributed by atoms with Crippen molar-refractivity contribution in [1.82, 2.24) is 9.88 Å². The fraction of sp³-hybridized carbons (Fsp3) is 0.636. The van der Waals surface area contributed by atoms with Crippen LogP contribution in [0.3, 0.4) is 0 Å². The molecule has 0 radical (unpaired) electrons. The van der Waals surface area contributed by atoms with Crippen LogP contribution in [0.4, 0.5) is 0 Å². The van der Waals surface area contributed by atoms with Crippen LogP contribution in [0.1, 0.15) is 33.9 Å². The Morgan fingerprint density at radius 1 is 1.50 bits per heavy atom. The highest BCUT2D eigenvalue weighted by Gasteiger charge is 2.13. The smallest absolute Gasteiger partial charge is 0.265 e. The first-order valence-electron chi connectivity index (χ1n) is 5.39. The fourth-order valence-electron chi connectivity index (χ4n) is 1.37. The molecule has 1 heterocycles. The van der Waals surface area contributed by atoms with Crippen LogP contribution >= 0.6 is 22.9 Å². The summed E-state index contributed by atoms with van der Waals surface area (Å²) in [5.41, 5.74) is 0. The minimum atomic E-state index is 0.0662. The van der Waals surface area contributed by atoms with Gasteiger partial charge in [0.05, 0.1) is 11.2 Å². The number of aromatic nitrogens is 1. The lowest BCUT2D eigenvalue weighted by molar-refractivity contribution is 0.0797. The summed E-state index contributed by atoms with van der Waals surface area (Å²) in [4.78, 5) is 18.4. The van der Waals surface area contributed by atoms with Crippen molar-refractivity contribution >= 4 is 28.8 Å². The van der Waals surface area contributed by atoms with E-state index in [1.807, 2.05) is 14.0 Å². The van der Waals surface area contributed by atoms with Crippen LogP contribution in [0.25, 0.3) is 0 Å². The Labute approximate surface area is 105 Å². The Morgan fingerprint density at radius 2 is 2.25 bits per heavy atom. The minimum absolute atomic E-state index is 0.0662. The molecule has 0 aromatic carbocycles. The maximum atomic E-state index is 11.9. The van der Waals surface area contributed by atoms with Crippen LogP contribution in [-0.4, -0.2) is 35.3 Å². The number of hydrogen-bond acceptors (Lipinski definition) is 3. The van der Waals surface area contributed by atoms with E-state index in [0.717, 1.165) is 35.7 Å². The predicted octanol–water partition coefficient (Wildman–Crippen LogP) is 2.93. The lowest BCUT2D eigenvalue weighted by atomic mass is 10.2. The molecule has 0 saturated carbocycles. The van der Waals surface area contributed by atoms with Gasteiger partial charge in [-0.05, 0) is 19.8 Å². The molecule has 0 fully saturated rings. The second-order valence-electron chi connectivity index (χ2n) is 3.72. The number of unbranched alkanes of at least 4 members (excludes halogenated alkanes) is 2. The molecule has 5 heteroatoms. The van der Waals surface area contributed by atoms with Gasteiger partial charge in [0.2, 0.25) is 0 Å². The van der Waals surface area contributed by atoms with Gasteiger partial charge in [0.15, 0.2) is 0 Å². The molecule has 1 aromatic rings. The molecule has 0 N–H and O–H groups in total. The highest BCUT2D eigenvalue weighted by atomic mass is 35.5. The first kappa shape index (κ1) is 13.5. The topological polar surface area (TPSA) is 33.2 Å². The molecule has 0 spiro atoms. The largest absolute Gasteiger partial charge is 0.341 e. The van der Waals surface area contributed by atoms with Crippen molar-refractivity contribution in [3.05, 3.63) is 16.1 Å². The molecular formula is C11H17ClN2OS. The highest BCUT2D eigenvalue weighted by Crippen LogP contribution is 2.13. The molecule has 0 atom stereocenters. The van der Waals surface area contributed by atoms with Gasteiger partial charge in [0.1, 0.15) is 4.88 Å². The zero-order valence-corrected chi connectivity index (χ0v) is 11.3. The molecule has 1 aromatic heterocycles. The molecule has 16 heavy (non-hydrogen) atoms. The second kappa shape index (κ2) is 6.86. The molecular weight excluding hydrogens is 244 g/mol. The fourth-order valence-corrected chi connectivity index (χ4v) is 2.33. The van der Waals surface area contributed by atoms with Crippen LogP contribution in [0.2, 0.25) is 0 Å². The van der Waals surface area contributed by atoms with Gasteiger partial charge in [-0.15, -0.1) is 22.9 Å². The van der Waals surface area contributed by atoms with Gasteiger partial charge in [0, 0.05) is 19.5 Å². The molecule has 1 amide bonds. The number of carbonyl (C=O) groups excluding carboxylic acids is 1. The van der Waals surface area contributed by atoms with Gasteiger partial charge in [-0.25, -0.2) is 4.98 Å². The summed E-state index contributed by atoms with van der Waals surface area (Å²) >= 11 is 7.04. The molecule has 0 aliphatic rings. The summed E-state index contributed by atoms with van der Waals surface area (Å²) < 4.78 is 0. The number of rotatable bonds is 6. The molecule has 0 unspecified atom stereocenters. The summed E-state index contributed by atoms with van der Waals surface area (Å²) in [6.07, 6.45) is 4.75. The first-order valence-corrected chi connectivity index (χ1v) is 6.74. The van der Waals surface area contributed by atoms with Crippen LogP contribution in [0.15, 0.2) is 6.20 Å². The van der Waals surface area contributed by atoms with Crippen molar-refractivity contribution in [3.63, 3.8) is 0 Å². The van der Waals surface area contributed by atoms with E-state index in [-0.39, 0.29) is 5.91 Å². The summed E-state index contributed by atoms with van der Waals surface area (Å²) in [7, 11) is 1.83. The number of halogens is 1. The van der Waals surface area contributed by atoms with Gasteiger partial charge in [-0.1, -0.05) is 6.42 Å². The zero-order valence-electron chi connectivity index (χ0n) is 9.70. The first-order chi connectivity index (χ1) is 7.65. The quantitative estimate of drug-likeness (QED) is 0.582. The molecule has 3 nitrogen and oxygen atoms in total. The summed E-state index contributed by atoms with van der Waals surface area (Å²) in [5, 5.41) is 0.930. The van der Waals surface area contributed by atoms with Crippen molar-refractivity contribution in [1.29, 1.82) is 0 Å². The Kier molecular flexibility index (Phi) is 5.77. The van der Waals surface area contributed by atoms with Gasteiger partial charge >= 0.3 is 0 Å². The average molecular weight is 261 g/mol. The van der Waals surface area contributed by atoms with Gasteiger partial charge < -0.3 is 4.90 Å². The number of thiazole rings is 1. The van der Waals surface area contributed by atoms with Crippen molar-refractivity contribution in [2.24, 2.45) is 0 Å². The number of hydrogen-bond donors (Lipinski definition) is 0. The van der Waals surface area contributed by atoms with Gasteiger partial charge in [-0.3, -0.25) is 4.79 Å². The Balaban J connectivity index is 2.36. The van der Waals surface area contributed by atoms with E-state index in [0.29, 0.717) is 5.88 Å².